The standard InChI is InChI=1S/C18H21ClN2O2S/c1-11(2)14-6-5-12(3)9-15(14)23-10-18(22)21-20-13(4)16-7-8-17(19)24-16/h5-9,11H,10H2,1-4H3,(H,21,22). The molecule has 0 aliphatic rings. The van der Waals surface area contributed by atoms with Gasteiger partial charge in [-0.25, -0.2) is 5.43 Å². The van der Waals surface area contributed by atoms with Crippen molar-refractivity contribution in [3.63, 3.8) is 0 Å². The second kappa shape index (κ2) is 8.31. The van der Waals surface area contributed by atoms with Gasteiger partial charge >= 0.3 is 0 Å². The largest absolute Gasteiger partial charge is 0.483 e. The lowest BCUT2D eigenvalue weighted by Gasteiger charge is -2.14. The molecule has 0 spiro atoms. The Kier molecular flexibility index (Phi) is 6.40. The predicted octanol–water partition coefficient (Wildman–Crippen LogP) is 4.75. The average molecular weight is 365 g/mol. The van der Waals surface area contributed by atoms with Gasteiger partial charge in [0, 0.05) is 0 Å². The van der Waals surface area contributed by atoms with E-state index in [9.17, 15) is 4.79 Å². The van der Waals surface area contributed by atoms with Crippen molar-refractivity contribution in [1.29, 1.82) is 0 Å². The Balaban J connectivity index is 1.95. The van der Waals surface area contributed by atoms with Gasteiger partial charge in [-0.1, -0.05) is 37.6 Å². The molecule has 0 atom stereocenters. The summed E-state index contributed by atoms with van der Waals surface area (Å²) in [6.07, 6.45) is 0. The number of carbonyl (C=O) groups is 1. The van der Waals surface area contributed by atoms with Gasteiger partial charge in [0.05, 0.1) is 14.9 Å². The lowest BCUT2D eigenvalue weighted by Crippen LogP contribution is -2.25. The molecule has 0 aliphatic heterocycles. The van der Waals surface area contributed by atoms with E-state index in [0.717, 1.165) is 21.8 Å². The van der Waals surface area contributed by atoms with Crippen molar-refractivity contribution in [3.8, 4) is 5.75 Å². The number of benzene rings is 1. The summed E-state index contributed by atoms with van der Waals surface area (Å²) in [5.74, 6) is 0.770. The highest BCUT2D eigenvalue weighted by Gasteiger charge is 2.10. The molecular formula is C18H21ClN2O2S. The molecule has 2 rings (SSSR count). The van der Waals surface area contributed by atoms with Crippen LogP contribution >= 0.6 is 22.9 Å². The van der Waals surface area contributed by atoms with Crippen LogP contribution in [0.3, 0.4) is 0 Å². The summed E-state index contributed by atoms with van der Waals surface area (Å²) in [7, 11) is 0. The van der Waals surface area contributed by atoms with Crippen LogP contribution in [-0.4, -0.2) is 18.2 Å². The molecule has 1 amide bonds. The van der Waals surface area contributed by atoms with E-state index >= 15 is 0 Å². The molecule has 1 N–H and O–H groups in total. The molecule has 0 radical (unpaired) electrons. The topological polar surface area (TPSA) is 50.7 Å². The molecule has 24 heavy (non-hydrogen) atoms. The van der Waals surface area contributed by atoms with E-state index in [1.165, 1.54) is 11.3 Å². The van der Waals surface area contributed by atoms with Crippen LogP contribution in [0.1, 0.15) is 42.7 Å². The second-order valence-electron chi connectivity index (χ2n) is 5.82. The molecule has 1 heterocycles. The molecule has 0 aliphatic carbocycles. The molecule has 2 aromatic rings. The van der Waals surface area contributed by atoms with E-state index in [4.69, 9.17) is 16.3 Å². The number of carbonyl (C=O) groups excluding carboxylic acids is 1. The summed E-state index contributed by atoms with van der Waals surface area (Å²) in [5, 5.41) is 4.08. The molecule has 128 valence electrons. The Hall–Kier alpha value is -1.85. The Morgan fingerprint density at radius 1 is 1.33 bits per heavy atom. The number of hydrogen-bond acceptors (Lipinski definition) is 4. The zero-order chi connectivity index (χ0) is 17.7. The second-order valence-corrected chi connectivity index (χ2v) is 7.54. The van der Waals surface area contributed by atoms with Crippen LogP contribution in [0.2, 0.25) is 4.34 Å². The number of hydrogen-bond donors (Lipinski definition) is 1. The van der Waals surface area contributed by atoms with Crippen molar-refractivity contribution in [2.45, 2.75) is 33.6 Å². The first-order chi connectivity index (χ1) is 11.4. The Morgan fingerprint density at radius 3 is 2.71 bits per heavy atom. The van der Waals surface area contributed by atoms with E-state index in [1.807, 2.05) is 38.1 Å². The Bertz CT molecular complexity index is 753. The van der Waals surface area contributed by atoms with Crippen LogP contribution in [0.5, 0.6) is 5.75 Å². The minimum Gasteiger partial charge on any atom is -0.483 e. The van der Waals surface area contributed by atoms with E-state index in [2.05, 4.69) is 24.4 Å². The lowest BCUT2D eigenvalue weighted by atomic mass is 10.0. The molecule has 0 saturated heterocycles. The van der Waals surface area contributed by atoms with Crippen LogP contribution in [0.15, 0.2) is 35.4 Å². The van der Waals surface area contributed by atoms with Gasteiger partial charge < -0.3 is 4.74 Å². The Labute approximate surface area is 151 Å². The number of thiophene rings is 1. The third-order valence-electron chi connectivity index (χ3n) is 3.43. The van der Waals surface area contributed by atoms with Crippen molar-refractivity contribution in [1.82, 2.24) is 5.43 Å². The number of rotatable bonds is 6. The number of ether oxygens (including phenoxy) is 1. The molecule has 0 bridgehead atoms. The maximum absolute atomic E-state index is 12.0. The molecule has 0 unspecified atom stereocenters. The van der Waals surface area contributed by atoms with Crippen molar-refractivity contribution in [2.24, 2.45) is 5.10 Å². The molecule has 1 aromatic heterocycles. The fourth-order valence-electron chi connectivity index (χ4n) is 2.13. The fraction of sp³-hybridized carbons (Fsp3) is 0.333. The van der Waals surface area contributed by atoms with Gasteiger partial charge in [0.25, 0.3) is 5.91 Å². The monoisotopic (exact) mass is 364 g/mol. The number of hydrazone groups is 1. The van der Waals surface area contributed by atoms with Crippen LogP contribution in [0, 0.1) is 6.92 Å². The average Bonchev–Trinajstić information content (AvgIpc) is 2.97. The highest BCUT2D eigenvalue weighted by molar-refractivity contribution is 7.18. The fourth-order valence-corrected chi connectivity index (χ4v) is 3.12. The maximum atomic E-state index is 12.0. The number of nitrogens with zero attached hydrogens (tertiary/aromatic N) is 1. The van der Waals surface area contributed by atoms with Gasteiger partial charge in [-0.2, -0.15) is 5.10 Å². The minimum absolute atomic E-state index is 0.0782. The number of nitrogens with one attached hydrogen (secondary N) is 1. The molecule has 0 fully saturated rings. The molecule has 0 saturated carbocycles. The van der Waals surface area contributed by atoms with Crippen LogP contribution < -0.4 is 10.2 Å². The smallest absolute Gasteiger partial charge is 0.277 e. The third-order valence-corrected chi connectivity index (χ3v) is 4.77. The van der Waals surface area contributed by atoms with Gasteiger partial charge in [-0.05, 0) is 49.1 Å². The van der Waals surface area contributed by atoms with Gasteiger partial charge in [0.15, 0.2) is 6.61 Å². The van der Waals surface area contributed by atoms with E-state index in [1.54, 1.807) is 6.07 Å². The summed E-state index contributed by atoms with van der Waals surface area (Å²) in [6, 6.07) is 9.70. The quantitative estimate of drug-likeness (QED) is 0.593. The third kappa shape index (κ3) is 5.08. The number of aryl methyl sites for hydroxylation is 1. The molecule has 4 nitrogen and oxygen atoms in total. The predicted molar refractivity (Wildman–Crippen MR) is 100 cm³/mol. The first-order valence-electron chi connectivity index (χ1n) is 7.69. The van der Waals surface area contributed by atoms with Crippen LogP contribution in [0.4, 0.5) is 0 Å². The first kappa shape index (κ1) is 18.5. The van der Waals surface area contributed by atoms with Crippen LogP contribution in [0.25, 0.3) is 0 Å². The van der Waals surface area contributed by atoms with Gasteiger partial charge in [-0.15, -0.1) is 11.3 Å². The molecule has 1 aromatic carbocycles. The summed E-state index contributed by atoms with van der Waals surface area (Å²) < 4.78 is 6.37. The van der Waals surface area contributed by atoms with Gasteiger partial charge in [0.2, 0.25) is 0 Å². The van der Waals surface area contributed by atoms with Crippen molar-refractivity contribution in [3.05, 3.63) is 50.7 Å². The van der Waals surface area contributed by atoms with E-state index < -0.39 is 0 Å². The van der Waals surface area contributed by atoms with Gasteiger partial charge in [-0.3, -0.25) is 4.79 Å². The highest BCUT2D eigenvalue weighted by atomic mass is 35.5. The lowest BCUT2D eigenvalue weighted by molar-refractivity contribution is -0.123. The summed E-state index contributed by atoms with van der Waals surface area (Å²) in [5.41, 5.74) is 5.40. The number of halogens is 1. The van der Waals surface area contributed by atoms with Gasteiger partial charge in [0.1, 0.15) is 5.75 Å². The summed E-state index contributed by atoms with van der Waals surface area (Å²) in [4.78, 5) is 12.9. The highest BCUT2D eigenvalue weighted by Crippen LogP contribution is 2.27. The molecular weight excluding hydrogens is 344 g/mol. The van der Waals surface area contributed by atoms with E-state index in [0.29, 0.717) is 16.0 Å². The maximum Gasteiger partial charge on any atom is 0.277 e. The van der Waals surface area contributed by atoms with Crippen molar-refractivity contribution < 1.29 is 9.53 Å². The first-order valence-corrected chi connectivity index (χ1v) is 8.88. The normalized spacial score (nSPS) is 11.7. The summed E-state index contributed by atoms with van der Waals surface area (Å²) >= 11 is 7.31. The zero-order valence-corrected chi connectivity index (χ0v) is 15.8. The minimum atomic E-state index is -0.298. The van der Waals surface area contributed by atoms with Crippen LogP contribution in [-0.2, 0) is 4.79 Å². The number of amides is 1. The summed E-state index contributed by atoms with van der Waals surface area (Å²) in [6.45, 7) is 7.93. The molecule has 6 heteroatoms. The van der Waals surface area contributed by atoms with E-state index in [-0.39, 0.29) is 12.5 Å². The Morgan fingerprint density at radius 2 is 2.08 bits per heavy atom. The van der Waals surface area contributed by atoms with Crippen molar-refractivity contribution in [2.75, 3.05) is 6.61 Å². The SMILES string of the molecule is CC(=NNC(=O)COc1cc(C)ccc1C(C)C)c1ccc(Cl)s1. The van der Waals surface area contributed by atoms with Crippen molar-refractivity contribution >= 4 is 34.6 Å². The zero-order valence-electron chi connectivity index (χ0n) is 14.2.